The van der Waals surface area contributed by atoms with Crippen LogP contribution in [-0.2, 0) is 9.09 Å². The minimum atomic E-state index is -3.82. The van der Waals surface area contributed by atoms with Gasteiger partial charge in [0.25, 0.3) is 0 Å². The standard InChI is InChI=1S/C19H21O4P/c20-24(22-18-13-7-3-8-14-18,23-19-15-9-4-10-16-19)21-17-11-5-1-2-6-12-17/h3-4,7-11,13-16H,1-2,5-6,12H2. The van der Waals surface area contributed by atoms with E-state index in [0.29, 0.717) is 17.3 Å². The van der Waals surface area contributed by atoms with Crippen LogP contribution in [0.3, 0.4) is 0 Å². The lowest BCUT2D eigenvalue weighted by Crippen LogP contribution is -2.05. The van der Waals surface area contributed by atoms with E-state index in [1.807, 2.05) is 42.5 Å². The normalized spacial score (nSPS) is 15.1. The monoisotopic (exact) mass is 344 g/mol. The van der Waals surface area contributed by atoms with Crippen molar-refractivity contribution in [3.05, 3.63) is 72.5 Å². The molecule has 0 bridgehead atoms. The molecule has 0 heterocycles. The maximum absolute atomic E-state index is 13.2. The van der Waals surface area contributed by atoms with E-state index >= 15 is 0 Å². The number of benzene rings is 2. The van der Waals surface area contributed by atoms with Gasteiger partial charge in [-0.25, -0.2) is 0 Å². The molecule has 2 aromatic rings. The van der Waals surface area contributed by atoms with Crippen LogP contribution in [0.2, 0.25) is 0 Å². The molecule has 2 aromatic carbocycles. The molecule has 4 nitrogen and oxygen atoms in total. The summed E-state index contributed by atoms with van der Waals surface area (Å²) in [5.41, 5.74) is 0. The molecular formula is C19H21O4P. The molecular weight excluding hydrogens is 323 g/mol. The summed E-state index contributed by atoms with van der Waals surface area (Å²) in [7, 11) is -3.82. The molecule has 0 atom stereocenters. The van der Waals surface area contributed by atoms with E-state index in [9.17, 15) is 4.57 Å². The van der Waals surface area contributed by atoms with E-state index in [1.54, 1.807) is 24.3 Å². The van der Waals surface area contributed by atoms with Gasteiger partial charge in [0.15, 0.2) is 0 Å². The summed E-state index contributed by atoms with van der Waals surface area (Å²) < 4.78 is 30.2. The zero-order valence-corrected chi connectivity index (χ0v) is 14.4. The first-order valence-corrected chi connectivity index (χ1v) is 9.68. The summed E-state index contributed by atoms with van der Waals surface area (Å²) in [5.74, 6) is 1.58. The average molecular weight is 344 g/mol. The molecule has 1 aliphatic carbocycles. The molecule has 0 radical (unpaired) electrons. The largest absolute Gasteiger partial charge is 0.646 e. The van der Waals surface area contributed by atoms with Crippen molar-refractivity contribution < 1.29 is 18.1 Å². The first-order valence-electron chi connectivity index (χ1n) is 8.21. The predicted molar refractivity (Wildman–Crippen MR) is 94.0 cm³/mol. The Hall–Kier alpha value is -2.19. The fourth-order valence-electron chi connectivity index (χ4n) is 2.49. The second kappa shape index (κ2) is 8.07. The zero-order chi connectivity index (χ0) is 16.7. The lowest BCUT2D eigenvalue weighted by molar-refractivity contribution is 0.250. The Morgan fingerprint density at radius 1 is 0.708 bits per heavy atom. The Labute approximate surface area is 142 Å². The smallest absolute Gasteiger partial charge is 0.391 e. The Kier molecular flexibility index (Phi) is 5.60. The number of rotatable bonds is 6. The summed E-state index contributed by atoms with van der Waals surface area (Å²) in [6.07, 6.45) is 6.94. The fraction of sp³-hybridized carbons (Fsp3) is 0.263. The molecule has 24 heavy (non-hydrogen) atoms. The van der Waals surface area contributed by atoms with Crippen molar-refractivity contribution in [2.24, 2.45) is 0 Å². The van der Waals surface area contributed by atoms with Gasteiger partial charge in [0, 0.05) is 6.42 Å². The Balaban J connectivity index is 1.82. The number of phosphoric ester groups is 1. The Morgan fingerprint density at radius 2 is 1.29 bits per heavy atom. The highest BCUT2D eigenvalue weighted by Gasteiger charge is 2.33. The van der Waals surface area contributed by atoms with Gasteiger partial charge in [-0.1, -0.05) is 42.8 Å². The first kappa shape index (κ1) is 16.7. The highest BCUT2D eigenvalue weighted by molar-refractivity contribution is 7.49. The van der Waals surface area contributed by atoms with Gasteiger partial charge in [0.05, 0.1) is 0 Å². The molecule has 1 aliphatic rings. The summed E-state index contributed by atoms with van der Waals surface area (Å²) in [4.78, 5) is 0. The maximum atomic E-state index is 13.2. The molecule has 0 saturated carbocycles. The second-order valence-electron chi connectivity index (χ2n) is 5.62. The number of allylic oxidation sites excluding steroid dienone is 2. The van der Waals surface area contributed by atoms with Crippen molar-refractivity contribution in [1.29, 1.82) is 0 Å². The topological polar surface area (TPSA) is 44.8 Å². The molecule has 126 valence electrons. The lowest BCUT2D eigenvalue weighted by atomic mass is 10.2. The SMILES string of the molecule is O=P(OC1=CCCCCC1)(Oc1ccccc1)Oc1ccccc1. The van der Waals surface area contributed by atoms with Gasteiger partial charge in [-0.05, 0) is 49.6 Å². The number of phosphoric acid groups is 1. The minimum Gasteiger partial charge on any atom is -0.391 e. The van der Waals surface area contributed by atoms with Gasteiger partial charge < -0.3 is 13.6 Å². The molecule has 0 spiro atoms. The fourth-order valence-corrected chi connectivity index (χ4v) is 3.81. The van der Waals surface area contributed by atoms with Crippen molar-refractivity contribution in [2.75, 3.05) is 0 Å². The molecule has 0 N–H and O–H groups in total. The van der Waals surface area contributed by atoms with Crippen molar-refractivity contribution in [3.8, 4) is 11.5 Å². The Morgan fingerprint density at radius 3 is 1.88 bits per heavy atom. The van der Waals surface area contributed by atoms with Crippen molar-refractivity contribution in [3.63, 3.8) is 0 Å². The third-order valence-electron chi connectivity index (χ3n) is 3.65. The van der Waals surface area contributed by atoms with Crippen LogP contribution in [0.15, 0.2) is 72.5 Å². The molecule has 0 aromatic heterocycles. The third-order valence-corrected chi connectivity index (χ3v) is 4.98. The molecule has 0 unspecified atom stereocenters. The maximum Gasteiger partial charge on any atom is 0.646 e. The summed E-state index contributed by atoms with van der Waals surface area (Å²) in [6.45, 7) is 0. The van der Waals surface area contributed by atoms with Gasteiger partial charge in [-0.3, -0.25) is 0 Å². The third kappa shape index (κ3) is 4.90. The van der Waals surface area contributed by atoms with Gasteiger partial charge in [0.1, 0.15) is 17.3 Å². The van der Waals surface area contributed by atoms with Crippen molar-refractivity contribution in [2.45, 2.75) is 32.1 Å². The average Bonchev–Trinajstić information content (AvgIpc) is 2.85. The van der Waals surface area contributed by atoms with Crippen LogP contribution in [0.4, 0.5) is 0 Å². The van der Waals surface area contributed by atoms with Crippen molar-refractivity contribution in [1.82, 2.24) is 0 Å². The van der Waals surface area contributed by atoms with Crippen LogP contribution in [0.5, 0.6) is 11.5 Å². The van der Waals surface area contributed by atoms with E-state index in [2.05, 4.69) is 0 Å². The van der Waals surface area contributed by atoms with Crippen LogP contribution in [0, 0.1) is 0 Å². The van der Waals surface area contributed by atoms with Crippen LogP contribution in [0.25, 0.3) is 0 Å². The van der Waals surface area contributed by atoms with E-state index in [1.165, 1.54) is 0 Å². The number of para-hydroxylation sites is 2. The Bertz CT molecular complexity index is 667. The number of hydrogen-bond donors (Lipinski definition) is 0. The highest BCUT2D eigenvalue weighted by Crippen LogP contribution is 2.52. The first-order chi connectivity index (χ1) is 11.7. The van der Waals surface area contributed by atoms with E-state index in [0.717, 1.165) is 32.1 Å². The summed E-state index contributed by atoms with van der Waals surface area (Å²) >= 11 is 0. The van der Waals surface area contributed by atoms with E-state index < -0.39 is 7.82 Å². The molecule has 0 aliphatic heterocycles. The quantitative estimate of drug-likeness (QED) is 0.592. The second-order valence-corrected chi connectivity index (χ2v) is 7.06. The molecule has 0 fully saturated rings. The van der Waals surface area contributed by atoms with Crippen LogP contribution < -0.4 is 9.05 Å². The van der Waals surface area contributed by atoms with E-state index in [-0.39, 0.29) is 0 Å². The van der Waals surface area contributed by atoms with Gasteiger partial charge in [-0.15, -0.1) is 0 Å². The predicted octanol–water partition coefficient (Wildman–Crippen LogP) is 6.12. The highest BCUT2D eigenvalue weighted by atomic mass is 31.2. The summed E-state index contributed by atoms with van der Waals surface area (Å²) in [5, 5.41) is 0. The van der Waals surface area contributed by atoms with Crippen LogP contribution in [0.1, 0.15) is 32.1 Å². The summed E-state index contributed by atoms with van der Waals surface area (Å²) in [6, 6.07) is 17.9. The lowest BCUT2D eigenvalue weighted by Gasteiger charge is -2.20. The minimum absolute atomic E-state index is 0.450. The molecule has 5 heteroatoms. The van der Waals surface area contributed by atoms with E-state index in [4.69, 9.17) is 13.6 Å². The zero-order valence-electron chi connectivity index (χ0n) is 13.5. The molecule has 0 amide bonds. The van der Waals surface area contributed by atoms with Gasteiger partial charge in [-0.2, -0.15) is 4.57 Å². The van der Waals surface area contributed by atoms with Crippen LogP contribution in [-0.4, -0.2) is 0 Å². The van der Waals surface area contributed by atoms with Crippen LogP contribution >= 0.6 is 7.82 Å². The molecule has 0 saturated heterocycles. The van der Waals surface area contributed by atoms with Gasteiger partial charge >= 0.3 is 7.82 Å². The number of hydrogen-bond acceptors (Lipinski definition) is 4. The molecule has 3 rings (SSSR count). The van der Waals surface area contributed by atoms with Crippen molar-refractivity contribution >= 4 is 7.82 Å². The van der Waals surface area contributed by atoms with Gasteiger partial charge in [0.2, 0.25) is 0 Å².